The van der Waals surface area contributed by atoms with Gasteiger partial charge in [-0.3, -0.25) is 0 Å². The monoisotopic (exact) mass is 297 g/mol. The highest BCUT2D eigenvalue weighted by molar-refractivity contribution is 5.70. The number of cyclic esters (lactones) is 1. The van der Waals surface area contributed by atoms with Gasteiger partial charge in [-0.15, -0.1) is 0 Å². The highest BCUT2D eigenvalue weighted by Gasteiger charge is 2.39. The van der Waals surface area contributed by atoms with Crippen molar-refractivity contribution in [1.29, 1.82) is 0 Å². The average Bonchev–Trinajstić information content (AvgIpc) is 2.55. The second kappa shape index (κ2) is 5.13. The van der Waals surface area contributed by atoms with Crippen molar-refractivity contribution in [2.24, 2.45) is 0 Å². The van der Waals surface area contributed by atoms with Gasteiger partial charge < -0.3 is 9.64 Å². The number of amides is 1. The van der Waals surface area contributed by atoms with Gasteiger partial charge in [-0.1, -0.05) is 36.4 Å². The lowest BCUT2D eigenvalue weighted by atomic mass is 9.87. The van der Waals surface area contributed by atoms with E-state index in [9.17, 15) is 9.18 Å². The van der Waals surface area contributed by atoms with Crippen LogP contribution in [0.2, 0.25) is 0 Å². The molecule has 2 aliphatic rings. The van der Waals surface area contributed by atoms with Crippen LogP contribution in [0.4, 0.5) is 9.18 Å². The molecule has 1 amide bonds. The van der Waals surface area contributed by atoms with Crippen molar-refractivity contribution in [3.63, 3.8) is 0 Å². The first-order valence-electron chi connectivity index (χ1n) is 7.53. The quantitative estimate of drug-likeness (QED) is 0.796. The Morgan fingerprint density at radius 1 is 1.14 bits per heavy atom. The Kier molecular flexibility index (Phi) is 3.10. The van der Waals surface area contributed by atoms with Crippen molar-refractivity contribution in [2.75, 3.05) is 6.54 Å². The third-order valence-corrected chi connectivity index (χ3v) is 4.55. The van der Waals surface area contributed by atoms with Gasteiger partial charge in [0.15, 0.2) is 0 Å². The summed E-state index contributed by atoms with van der Waals surface area (Å²) in [6.07, 6.45) is 0.856. The molecule has 2 aromatic rings. The molecule has 0 aromatic heterocycles. The summed E-state index contributed by atoms with van der Waals surface area (Å²) in [5.74, 6) is -0.217. The van der Waals surface area contributed by atoms with E-state index in [0.29, 0.717) is 19.4 Å². The van der Waals surface area contributed by atoms with Gasteiger partial charge in [0.25, 0.3) is 0 Å². The van der Waals surface area contributed by atoms with Gasteiger partial charge in [-0.2, -0.15) is 0 Å². The molecule has 0 N–H and O–H groups in total. The number of carbonyl (C=O) groups is 1. The molecule has 1 saturated heterocycles. The zero-order valence-electron chi connectivity index (χ0n) is 12.0. The standard InChI is InChI=1S/C18H16FNO2/c19-14-6-7-15-13(10-14)8-9-20-16(15)11-17(22-18(20)21)12-4-2-1-3-5-12/h1-7,10,16-17H,8-9,11H2/t16-,17+/m1/s1. The van der Waals surface area contributed by atoms with Crippen LogP contribution in [0.3, 0.4) is 0 Å². The maximum absolute atomic E-state index is 13.4. The molecular formula is C18H16FNO2. The number of ether oxygens (including phenoxy) is 1. The molecule has 0 aliphatic carbocycles. The first-order chi connectivity index (χ1) is 10.7. The molecule has 4 heteroatoms. The number of carbonyl (C=O) groups excluding carboxylic acids is 1. The van der Waals surface area contributed by atoms with Gasteiger partial charge in [-0.05, 0) is 35.2 Å². The van der Waals surface area contributed by atoms with Gasteiger partial charge >= 0.3 is 6.09 Å². The zero-order valence-corrected chi connectivity index (χ0v) is 12.0. The molecule has 0 bridgehead atoms. The minimum Gasteiger partial charge on any atom is -0.441 e. The number of fused-ring (bicyclic) bond motifs is 3. The fourth-order valence-electron chi connectivity index (χ4n) is 3.47. The highest BCUT2D eigenvalue weighted by atomic mass is 19.1. The molecule has 1 fully saturated rings. The highest BCUT2D eigenvalue weighted by Crippen LogP contribution is 2.42. The maximum atomic E-state index is 13.4. The Morgan fingerprint density at radius 3 is 2.77 bits per heavy atom. The molecule has 112 valence electrons. The van der Waals surface area contributed by atoms with Crippen LogP contribution in [0.15, 0.2) is 48.5 Å². The maximum Gasteiger partial charge on any atom is 0.410 e. The minimum atomic E-state index is -0.278. The molecule has 3 nitrogen and oxygen atoms in total. The molecule has 0 spiro atoms. The zero-order chi connectivity index (χ0) is 15.1. The minimum absolute atomic E-state index is 0.0317. The van der Waals surface area contributed by atoms with Crippen molar-refractivity contribution < 1.29 is 13.9 Å². The van der Waals surface area contributed by atoms with Crippen LogP contribution < -0.4 is 0 Å². The van der Waals surface area contributed by atoms with E-state index in [1.807, 2.05) is 36.4 Å². The Hall–Kier alpha value is -2.36. The lowest BCUT2D eigenvalue weighted by Gasteiger charge is -2.42. The van der Waals surface area contributed by atoms with Crippen LogP contribution in [0.25, 0.3) is 0 Å². The summed E-state index contributed by atoms with van der Waals surface area (Å²) in [5, 5.41) is 0. The topological polar surface area (TPSA) is 29.5 Å². The Labute approximate surface area is 128 Å². The summed E-state index contributed by atoms with van der Waals surface area (Å²) >= 11 is 0. The number of rotatable bonds is 1. The Bertz CT molecular complexity index is 716. The second-order valence-electron chi connectivity index (χ2n) is 5.82. The average molecular weight is 297 g/mol. The van der Waals surface area contributed by atoms with Crippen molar-refractivity contribution in [3.05, 3.63) is 71.0 Å². The van der Waals surface area contributed by atoms with Gasteiger partial charge in [0.1, 0.15) is 11.9 Å². The molecule has 2 heterocycles. The molecule has 0 radical (unpaired) electrons. The lowest BCUT2D eigenvalue weighted by molar-refractivity contribution is -0.00648. The SMILES string of the molecule is O=C1O[C@H](c2ccccc2)C[C@@H]2c3ccc(F)cc3CCN12. The Balaban J connectivity index is 1.70. The second-order valence-corrected chi connectivity index (χ2v) is 5.82. The smallest absolute Gasteiger partial charge is 0.410 e. The summed E-state index contributed by atoms with van der Waals surface area (Å²) in [6, 6.07) is 14.6. The first kappa shape index (κ1) is 13.3. The predicted octanol–water partition coefficient (Wildman–Crippen LogP) is 4.01. The summed E-state index contributed by atoms with van der Waals surface area (Å²) in [6.45, 7) is 0.585. The van der Waals surface area contributed by atoms with E-state index in [1.165, 1.54) is 6.07 Å². The Morgan fingerprint density at radius 2 is 1.95 bits per heavy atom. The number of halogens is 1. The van der Waals surface area contributed by atoms with Crippen LogP contribution in [0.1, 0.15) is 35.3 Å². The van der Waals surface area contributed by atoms with Crippen LogP contribution in [-0.4, -0.2) is 17.5 Å². The van der Waals surface area contributed by atoms with E-state index in [2.05, 4.69) is 0 Å². The molecule has 2 aliphatic heterocycles. The predicted molar refractivity (Wildman–Crippen MR) is 79.8 cm³/mol. The van der Waals surface area contributed by atoms with Crippen molar-refractivity contribution in [2.45, 2.75) is 25.0 Å². The fourth-order valence-corrected chi connectivity index (χ4v) is 3.47. The van der Waals surface area contributed by atoms with E-state index >= 15 is 0 Å². The van der Waals surface area contributed by atoms with E-state index < -0.39 is 0 Å². The number of nitrogens with zero attached hydrogens (tertiary/aromatic N) is 1. The first-order valence-corrected chi connectivity index (χ1v) is 7.53. The van der Waals surface area contributed by atoms with Gasteiger partial charge in [0, 0.05) is 13.0 Å². The van der Waals surface area contributed by atoms with Crippen molar-refractivity contribution in [1.82, 2.24) is 4.90 Å². The number of hydrogen-bond donors (Lipinski definition) is 0. The van der Waals surface area contributed by atoms with Gasteiger partial charge in [-0.25, -0.2) is 9.18 Å². The summed E-state index contributed by atoms with van der Waals surface area (Å²) in [7, 11) is 0. The molecule has 22 heavy (non-hydrogen) atoms. The van der Waals surface area contributed by atoms with Crippen molar-refractivity contribution in [3.8, 4) is 0 Å². The lowest BCUT2D eigenvalue weighted by Crippen LogP contribution is -2.45. The molecule has 2 atom stereocenters. The van der Waals surface area contributed by atoms with Gasteiger partial charge in [0.05, 0.1) is 6.04 Å². The molecule has 4 rings (SSSR count). The van der Waals surface area contributed by atoms with Crippen molar-refractivity contribution >= 4 is 6.09 Å². The van der Waals surface area contributed by atoms with Crippen LogP contribution in [0.5, 0.6) is 0 Å². The molecule has 0 unspecified atom stereocenters. The van der Waals surface area contributed by atoms with Crippen LogP contribution in [0, 0.1) is 5.82 Å². The van der Waals surface area contributed by atoms with Gasteiger partial charge in [0.2, 0.25) is 0 Å². The van der Waals surface area contributed by atoms with Crippen LogP contribution in [-0.2, 0) is 11.2 Å². The molecular weight excluding hydrogens is 281 g/mol. The third kappa shape index (κ3) is 2.15. The summed E-state index contributed by atoms with van der Waals surface area (Å²) in [4.78, 5) is 14.1. The van der Waals surface area contributed by atoms with E-state index in [0.717, 1.165) is 16.7 Å². The number of hydrogen-bond acceptors (Lipinski definition) is 2. The van der Waals surface area contributed by atoms with E-state index in [1.54, 1.807) is 11.0 Å². The summed E-state index contributed by atoms with van der Waals surface area (Å²) < 4.78 is 19.0. The van der Waals surface area contributed by atoms with E-state index in [-0.39, 0.29) is 24.1 Å². The third-order valence-electron chi connectivity index (χ3n) is 4.55. The van der Waals surface area contributed by atoms with Crippen LogP contribution >= 0.6 is 0 Å². The largest absolute Gasteiger partial charge is 0.441 e. The normalized spacial score (nSPS) is 23.5. The molecule has 2 aromatic carbocycles. The molecule has 0 saturated carbocycles. The summed E-state index contributed by atoms with van der Waals surface area (Å²) in [5.41, 5.74) is 3.05. The fraction of sp³-hybridized carbons (Fsp3) is 0.278. The van der Waals surface area contributed by atoms with E-state index in [4.69, 9.17) is 4.74 Å². The number of benzene rings is 2.